The third-order valence-electron chi connectivity index (χ3n) is 2.96. The van der Waals surface area contributed by atoms with E-state index in [1.807, 2.05) is 19.1 Å². The molecular weight excluding hydrogens is 334 g/mol. The van der Waals surface area contributed by atoms with Gasteiger partial charge in [0.15, 0.2) is 4.34 Å². The summed E-state index contributed by atoms with van der Waals surface area (Å²) < 4.78 is 0.677. The van der Waals surface area contributed by atoms with Crippen LogP contribution in [0.25, 0.3) is 0 Å². The Hall–Kier alpha value is -2.13. The molecule has 0 radical (unpaired) electrons. The largest absolute Gasteiger partial charge is 0.330 e. The molecule has 0 atom stereocenters. The molecule has 23 heavy (non-hydrogen) atoms. The molecule has 0 saturated carbocycles. The number of nitrogens with zero attached hydrogens (tertiary/aromatic N) is 2. The second-order valence-corrected chi connectivity index (χ2v) is 6.96. The van der Waals surface area contributed by atoms with Gasteiger partial charge in [-0.15, -0.1) is 10.2 Å². The second-order valence-electron chi connectivity index (χ2n) is 4.76. The second kappa shape index (κ2) is 7.93. The van der Waals surface area contributed by atoms with Gasteiger partial charge in [-0.25, -0.2) is 0 Å². The highest BCUT2D eigenvalue weighted by Gasteiger charge is 2.09. The Labute approximate surface area is 142 Å². The van der Waals surface area contributed by atoms with E-state index in [4.69, 9.17) is 0 Å². The molecule has 122 valence electrons. The topological polar surface area (TPSA) is 96.0 Å². The molecule has 9 heteroatoms. The number of carbonyl (C=O) groups is 2. The lowest BCUT2D eigenvalue weighted by molar-refractivity contribution is -0.126. The normalized spacial score (nSPS) is 10.2. The first-order valence-electron chi connectivity index (χ1n) is 6.80. The number of benzene rings is 1. The maximum absolute atomic E-state index is 11.5. The molecule has 0 saturated heterocycles. The average Bonchev–Trinajstić information content (AvgIpc) is 2.95. The van der Waals surface area contributed by atoms with Crippen molar-refractivity contribution >= 4 is 45.7 Å². The first kappa shape index (κ1) is 17.2. The number of hydrazine groups is 1. The van der Waals surface area contributed by atoms with Crippen molar-refractivity contribution in [1.82, 2.24) is 21.0 Å². The van der Waals surface area contributed by atoms with Gasteiger partial charge in [0.1, 0.15) is 0 Å². The van der Waals surface area contributed by atoms with Gasteiger partial charge >= 0.3 is 0 Å². The molecule has 0 aliphatic rings. The Morgan fingerprint density at radius 2 is 2.00 bits per heavy atom. The molecule has 0 spiro atoms. The van der Waals surface area contributed by atoms with Gasteiger partial charge in [-0.3, -0.25) is 20.4 Å². The molecule has 1 heterocycles. The van der Waals surface area contributed by atoms with Crippen LogP contribution in [0.15, 0.2) is 22.5 Å². The van der Waals surface area contributed by atoms with Crippen molar-refractivity contribution in [3.05, 3.63) is 29.3 Å². The van der Waals surface area contributed by atoms with E-state index >= 15 is 0 Å². The van der Waals surface area contributed by atoms with Crippen LogP contribution in [0.4, 0.5) is 10.8 Å². The predicted molar refractivity (Wildman–Crippen MR) is 91.8 cm³/mol. The molecule has 1 aromatic carbocycles. The van der Waals surface area contributed by atoms with E-state index in [2.05, 4.69) is 39.4 Å². The highest BCUT2D eigenvalue weighted by molar-refractivity contribution is 8.01. The minimum atomic E-state index is -0.320. The lowest BCUT2D eigenvalue weighted by atomic mass is 10.1. The highest BCUT2D eigenvalue weighted by Crippen LogP contribution is 2.29. The van der Waals surface area contributed by atoms with E-state index < -0.39 is 0 Å². The standard InChI is InChI=1S/C14H17N5O2S2/c1-8-5-4-6-11(9(8)2)15-13-18-19-14(23-13)22-7-12(21)17-16-10(3)20/h4-6H,7H2,1-3H3,(H,15,18)(H,16,20)(H,17,21). The Morgan fingerprint density at radius 1 is 1.22 bits per heavy atom. The van der Waals surface area contributed by atoms with Crippen LogP contribution >= 0.6 is 23.1 Å². The number of thioether (sulfide) groups is 1. The Morgan fingerprint density at radius 3 is 2.74 bits per heavy atom. The summed E-state index contributed by atoms with van der Waals surface area (Å²) in [4.78, 5) is 22.2. The summed E-state index contributed by atoms with van der Waals surface area (Å²) in [6.07, 6.45) is 0. The number of aromatic nitrogens is 2. The van der Waals surface area contributed by atoms with Crippen LogP contribution in [-0.2, 0) is 9.59 Å². The summed E-state index contributed by atoms with van der Waals surface area (Å²) in [6, 6.07) is 6.01. The number of amides is 2. The van der Waals surface area contributed by atoms with Crippen LogP contribution in [-0.4, -0.2) is 27.8 Å². The molecule has 7 nitrogen and oxygen atoms in total. The monoisotopic (exact) mass is 351 g/mol. The number of hydrogen-bond donors (Lipinski definition) is 3. The van der Waals surface area contributed by atoms with Crippen LogP contribution in [0.5, 0.6) is 0 Å². The van der Waals surface area contributed by atoms with Crippen molar-refractivity contribution in [1.29, 1.82) is 0 Å². The highest BCUT2D eigenvalue weighted by atomic mass is 32.2. The number of hydrogen-bond acceptors (Lipinski definition) is 7. The number of carbonyl (C=O) groups excluding carboxylic acids is 2. The van der Waals surface area contributed by atoms with Crippen molar-refractivity contribution in [3.63, 3.8) is 0 Å². The molecule has 2 amide bonds. The van der Waals surface area contributed by atoms with Crippen molar-refractivity contribution in [2.24, 2.45) is 0 Å². The maximum atomic E-state index is 11.5. The van der Waals surface area contributed by atoms with Gasteiger partial charge in [0.2, 0.25) is 16.9 Å². The fraction of sp³-hybridized carbons (Fsp3) is 0.286. The van der Waals surface area contributed by atoms with Gasteiger partial charge in [-0.1, -0.05) is 35.2 Å². The number of rotatable bonds is 5. The molecule has 0 aliphatic heterocycles. The average molecular weight is 351 g/mol. The van der Waals surface area contributed by atoms with Gasteiger partial charge in [0.05, 0.1) is 5.75 Å². The SMILES string of the molecule is CC(=O)NNC(=O)CSc1nnc(Nc2cccc(C)c2C)s1. The fourth-order valence-electron chi connectivity index (χ4n) is 1.64. The summed E-state index contributed by atoms with van der Waals surface area (Å²) in [6.45, 7) is 5.42. The van der Waals surface area contributed by atoms with E-state index in [1.54, 1.807) is 0 Å². The van der Waals surface area contributed by atoms with E-state index in [1.165, 1.54) is 35.6 Å². The number of aryl methyl sites for hydroxylation is 1. The van der Waals surface area contributed by atoms with E-state index in [0.29, 0.717) is 9.47 Å². The summed E-state index contributed by atoms with van der Waals surface area (Å²) in [7, 11) is 0. The Bertz CT molecular complexity index is 717. The fourth-order valence-corrected chi connectivity index (χ4v) is 3.21. The molecular formula is C14H17N5O2S2. The Kier molecular flexibility index (Phi) is 5.94. The zero-order chi connectivity index (χ0) is 16.8. The molecule has 0 bridgehead atoms. The van der Waals surface area contributed by atoms with Crippen LogP contribution in [0.1, 0.15) is 18.1 Å². The summed E-state index contributed by atoms with van der Waals surface area (Å²) in [5.41, 5.74) is 7.87. The van der Waals surface area contributed by atoms with Crippen molar-refractivity contribution < 1.29 is 9.59 Å². The molecule has 0 unspecified atom stereocenters. The van der Waals surface area contributed by atoms with E-state index in [-0.39, 0.29) is 17.6 Å². The maximum Gasteiger partial charge on any atom is 0.248 e. The first-order valence-corrected chi connectivity index (χ1v) is 8.61. The molecule has 2 rings (SSSR count). The van der Waals surface area contributed by atoms with E-state index in [0.717, 1.165) is 11.3 Å². The van der Waals surface area contributed by atoms with Gasteiger partial charge in [-0.2, -0.15) is 0 Å². The summed E-state index contributed by atoms with van der Waals surface area (Å²) in [5.74, 6) is -0.470. The van der Waals surface area contributed by atoms with Crippen LogP contribution in [0.3, 0.4) is 0 Å². The summed E-state index contributed by atoms with van der Waals surface area (Å²) in [5, 5.41) is 12.0. The lowest BCUT2D eigenvalue weighted by Crippen LogP contribution is -2.41. The van der Waals surface area contributed by atoms with Crippen LogP contribution in [0.2, 0.25) is 0 Å². The number of anilines is 2. The van der Waals surface area contributed by atoms with Gasteiger partial charge in [0.25, 0.3) is 0 Å². The van der Waals surface area contributed by atoms with Crippen molar-refractivity contribution in [2.75, 3.05) is 11.1 Å². The number of nitrogens with one attached hydrogen (secondary N) is 3. The summed E-state index contributed by atoms with van der Waals surface area (Å²) >= 11 is 2.63. The minimum absolute atomic E-state index is 0.151. The predicted octanol–water partition coefficient (Wildman–Crippen LogP) is 2.16. The van der Waals surface area contributed by atoms with Crippen molar-refractivity contribution in [3.8, 4) is 0 Å². The molecule has 2 aromatic rings. The van der Waals surface area contributed by atoms with Gasteiger partial charge < -0.3 is 5.32 Å². The van der Waals surface area contributed by atoms with Crippen LogP contribution < -0.4 is 16.2 Å². The smallest absolute Gasteiger partial charge is 0.248 e. The Balaban J connectivity index is 1.89. The third-order valence-corrected chi connectivity index (χ3v) is 4.93. The van der Waals surface area contributed by atoms with Crippen LogP contribution in [0, 0.1) is 13.8 Å². The molecule has 3 N–H and O–H groups in total. The van der Waals surface area contributed by atoms with Gasteiger partial charge in [0, 0.05) is 12.6 Å². The van der Waals surface area contributed by atoms with E-state index in [9.17, 15) is 9.59 Å². The minimum Gasteiger partial charge on any atom is -0.330 e. The van der Waals surface area contributed by atoms with Gasteiger partial charge in [-0.05, 0) is 31.0 Å². The lowest BCUT2D eigenvalue weighted by Gasteiger charge is -2.08. The molecule has 0 fully saturated rings. The molecule has 1 aromatic heterocycles. The first-order chi connectivity index (χ1) is 11.0. The van der Waals surface area contributed by atoms with Crippen molar-refractivity contribution in [2.45, 2.75) is 25.1 Å². The molecule has 0 aliphatic carbocycles. The third kappa shape index (κ3) is 5.22. The zero-order valence-electron chi connectivity index (χ0n) is 13.0. The zero-order valence-corrected chi connectivity index (χ0v) is 14.6. The quantitative estimate of drug-likeness (QED) is 0.564.